The molecule has 1 heterocycles. The Bertz CT molecular complexity index is 1880. The third-order valence-corrected chi connectivity index (χ3v) is 15.4. The van der Waals surface area contributed by atoms with Gasteiger partial charge < -0.3 is 45.6 Å². The van der Waals surface area contributed by atoms with E-state index < -0.39 is 35.6 Å². The monoisotopic (exact) mass is 902 g/mol. The van der Waals surface area contributed by atoms with Crippen LogP contribution in [0.25, 0.3) is 0 Å². The summed E-state index contributed by atoms with van der Waals surface area (Å²) in [5.41, 5.74) is 3.92. The molecule has 0 amide bonds. The number of hydrogen-bond donors (Lipinski definition) is 8. The van der Waals surface area contributed by atoms with E-state index >= 15 is 0 Å². The summed E-state index contributed by atoms with van der Waals surface area (Å²) in [6.07, 6.45) is 16.9. The maximum atomic E-state index is 13.0. The third kappa shape index (κ3) is 12.5. The van der Waals surface area contributed by atoms with E-state index in [1.807, 2.05) is 60.0 Å². The number of aliphatic hydroxyl groups excluding tert-OH is 4. The van der Waals surface area contributed by atoms with Crippen LogP contribution in [0, 0.1) is 40.9 Å². The zero-order chi connectivity index (χ0) is 47.4. The van der Waals surface area contributed by atoms with Crippen molar-refractivity contribution >= 4 is 6.29 Å². The van der Waals surface area contributed by atoms with Crippen molar-refractivity contribution in [2.45, 2.75) is 128 Å². The van der Waals surface area contributed by atoms with Gasteiger partial charge >= 0.3 is 0 Å². The van der Waals surface area contributed by atoms with Gasteiger partial charge in [0.25, 0.3) is 0 Å². The van der Waals surface area contributed by atoms with Crippen LogP contribution in [0.2, 0.25) is 0 Å². The highest BCUT2D eigenvalue weighted by atomic mass is 16.6. The summed E-state index contributed by atoms with van der Waals surface area (Å²) in [7, 11) is 5.53. The minimum atomic E-state index is -1.27. The number of nitrogens with one attached hydrogen (secondary N) is 3. The van der Waals surface area contributed by atoms with Crippen molar-refractivity contribution in [1.82, 2.24) is 16.0 Å². The van der Waals surface area contributed by atoms with Gasteiger partial charge in [0.2, 0.25) is 0 Å². The van der Waals surface area contributed by atoms with Gasteiger partial charge in [0, 0.05) is 49.5 Å². The van der Waals surface area contributed by atoms with Gasteiger partial charge in [0.1, 0.15) is 12.5 Å². The second kappa shape index (κ2) is 24.3. The number of hydrogen-bond acceptors (Lipinski definition) is 11. The fourth-order valence-corrected chi connectivity index (χ4v) is 11.9. The van der Waals surface area contributed by atoms with Crippen LogP contribution in [0.4, 0.5) is 0 Å². The molecule has 1 spiro atoms. The van der Waals surface area contributed by atoms with E-state index in [1.165, 1.54) is 11.1 Å². The summed E-state index contributed by atoms with van der Waals surface area (Å²) in [5, 5.41) is 69.0. The summed E-state index contributed by atoms with van der Waals surface area (Å²) >= 11 is 0. The maximum absolute atomic E-state index is 13.0. The van der Waals surface area contributed by atoms with E-state index in [0.29, 0.717) is 63.7 Å². The fourth-order valence-electron chi connectivity index (χ4n) is 11.9. The van der Waals surface area contributed by atoms with Crippen molar-refractivity contribution in [1.29, 1.82) is 0 Å². The zero-order valence-electron chi connectivity index (χ0n) is 40.5. The van der Waals surface area contributed by atoms with E-state index in [2.05, 4.69) is 65.0 Å². The molecule has 8 N–H and O–H groups in total. The van der Waals surface area contributed by atoms with Crippen molar-refractivity contribution in [2.24, 2.45) is 40.9 Å². The normalized spacial score (nSPS) is 33.2. The minimum absolute atomic E-state index is 0.0263. The SMILES string of the molecule is C=C(C=CC=C(COC(O)CC(C)C)C1CCC2(C1O)C1C(=C(C)C=O)C(C=CC1CCO)CC2(O)CCNC)C1CC=C(C)C(O)NC(CCNC)(CCOC)Cc2cccc(c2)C1. The van der Waals surface area contributed by atoms with Crippen LogP contribution in [-0.4, -0.2) is 116 Å². The molecule has 1 aliphatic heterocycles. The number of carbonyl (C=O) groups excluding carboxylic acids is 1. The molecule has 11 heteroatoms. The van der Waals surface area contributed by atoms with E-state index in [-0.39, 0.29) is 48.3 Å². The molecule has 11 atom stereocenters. The topological polar surface area (TPSA) is 173 Å². The molecular formula is C54H83N3O8. The Morgan fingerprint density at radius 1 is 1.09 bits per heavy atom. The minimum Gasteiger partial charge on any atom is -0.396 e. The Kier molecular flexibility index (Phi) is 19.8. The predicted molar refractivity (Wildman–Crippen MR) is 260 cm³/mol. The van der Waals surface area contributed by atoms with Crippen LogP contribution in [0.3, 0.4) is 0 Å². The first kappa shape index (κ1) is 52.9. The average Bonchev–Trinajstić information content (AvgIpc) is 3.62. The fraction of sp³-hybridized carbons (Fsp3) is 0.648. The Labute approximate surface area is 390 Å². The average molecular weight is 902 g/mol. The Morgan fingerprint density at radius 2 is 1.83 bits per heavy atom. The summed E-state index contributed by atoms with van der Waals surface area (Å²) in [6, 6.07) is 8.73. The molecule has 0 aromatic heterocycles. The van der Waals surface area contributed by atoms with Crippen LogP contribution >= 0.6 is 0 Å². The number of carbonyl (C=O) groups is 1. The molecule has 65 heavy (non-hydrogen) atoms. The number of ether oxygens (including phenoxy) is 2. The second-order valence-electron chi connectivity index (χ2n) is 20.2. The lowest BCUT2D eigenvalue weighted by atomic mass is 9.45. The van der Waals surface area contributed by atoms with Gasteiger partial charge in [-0.3, -0.25) is 10.1 Å². The molecule has 0 saturated heterocycles. The van der Waals surface area contributed by atoms with Crippen LogP contribution in [0.5, 0.6) is 0 Å². The van der Waals surface area contributed by atoms with Gasteiger partial charge in [-0.15, -0.1) is 0 Å². The molecule has 2 saturated carbocycles. The first-order chi connectivity index (χ1) is 31.1. The Balaban J connectivity index is 1.51. The van der Waals surface area contributed by atoms with Gasteiger partial charge in [-0.1, -0.05) is 92.3 Å². The quantitative estimate of drug-likeness (QED) is 0.0230. The number of fused-ring (bicyclic) bond motifs is 5. The predicted octanol–water partition coefficient (Wildman–Crippen LogP) is 6.27. The highest BCUT2D eigenvalue weighted by Crippen LogP contribution is 2.67. The second-order valence-corrected chi connectivity index (χ2v) is 20.2. The standard InChI is InChI=1S/C54H83N3O8/c1-36(2)29-47(60)65-35-45(46-19-21-54(50(46)61)49-42(20-27-58)17-18-44(48(49)39(5)34-59)33-53(54,63)23-26-56-7)14-9-11-37(3)43-16-15-38(4)51(62)57-52(22-25-55-6,24-28-64-8)32-41-13-10-12-40(30-41)31-43/h9-15,17-18,30,34,36,42-44,46-47,49-51,55-58,60-63H,3,16,19-29,31-33,35H2,1-2,4-8H3. The molecular weight excluding hydrogens is 819 g/mol. The first-order valence-electron chi connectivity index (χ1n) is 24.3. The Hall–Kier alpha value is -3.07. The van der Waals surface area contributed by atoms with E-state index in [0.717, 1.165) is 60.8 Å². The lowest BCUT2D eigenvalue weighted by Crippen LogP contribution is -2.65. The largest absolute Gasteiger partial charge is 0.396 e. The van der Waals surface area contributed by atoms with Crippen molar-refractivity contribution in [2.75, 3.05) is 54.1 Å². The molecule has 4 aliphatic rings. The Morgan fingerprint density at radius 3 is 2.52 bits per heavy atom. The van der Waals surface area contributed by atoms with Gasteiger partial charge in [0.15, 0.2) is 6.29 Å². The number of rotatable bonds is 21. The lowest BCUT2D eigenvalue weighted by molar-refractivity contribution is -0.194. The highest BCUT2D eigenvalue weighted by molar-refractivity contribution is 5.74. The molecule has 1 aromatic carbocycles. The molecule has 11 unspecified atom stereocenters. The highest BCUT2D eigenvalue weighted by Gasteiger charge is 2.68. The van der Waals surface area contributed by atoms with Crippen LogP contribution < -0.4 is 16.0 Å². The maximum Gasteiger partial charge on any atom is 0.155 e. The van der Waals surface area contributed by atoms with Gasteiger partial charge in [-0.25, -0.2) is 0 Å². The first-order valence-corrected chi connectivity index (χ1v) is 24.3. The van der Waals surface area contributed by atoms with Crippen LogP contribution in [-0.2, 0) is 27.1 Å². The molecule has 4 bridgehead atoms. The van der Waals surface area contributed by atoms with Gasteiger partial charge in [-0.05, 0) is 157 Å². The van der Waals surface area contributed by atoms with Gasteiger partial charge in [-0.2, -0.15) is 0 Å². The molecule has 3 aliphatic carbocycles. The summed E-state index contributed by atoms with van der Waals surface area (Å²) in [6.45, 7) is 14.4. The van der Waals surface area contributed by atoms with Gasteiger partial charge in [0.05, 0.1) is 18.3 Å². The van der Waals surface area contributed by atoms with Crippen molar-refractivity contribution in [3.05, 3.63) is 106 Å². The van der Waals surface area contributed by atoms with Crippen LogP contribution in [0.1, 0.15) is 96.6 Å². The smallest absolute Gasteiger partial charge is 0.155 e. The summed E-state index contributed by atoms with van der Waals surface area (Å²) in [5.74, 6) is -0.846. The molecule has 2 fully saturated rings. The summed E-state index contributed by atoms with van der Waals surface area (Å²) in [4.78, 5) is 12.5. The number of aldehydes is 1. The number of methoxy groups -OCH3 is 1. The molecule has 1 aromatic rings. The van der Waals surface area contributed by atoms with Crippen molar-refractivity contribution in [3.8, 4) is 0 Å². The van der Waals surface area contributed by atoms with Crippen LogP contribution in [0.15, 0.2) is 95.2 Å². The summed E-state index contributed by atoms with van der Waals surface area (Å²) < 4.78 is 11.7. The van der Waals surface area contributed by atoms with Crippen molar-refractivity contribution < 1.29 is 39.8 Å². The number of aliphatic hydroxyl groups is 5. The van der Waals surface area contributed by atoms with E-state index in [4.69, 9.17) is 9.47 Å². The molecule has 11 nitrogen and oxygen atoms in total. The number of allylic oxidation sites excluding steroid dienone is 9. The van der Waals surface area contributed by atoms with Crippen molar-refractivity contribution in [3.63, 3.8) is 0 Å². The number of benzene rings is 1. The third-order valence-electron chi connectivity index (χ3n) is 15.4. The van der Waals surface area contributed by atoms with E-state index in [9.17, 15) is 30.3 Å². The van der Waals surface area contributed by atoms with E-state index in [1.54, 1.807) is 7.11 Å². The lowest BCUT2D eigenvalue weighted by Gasteiger charge is -2.61. The molecule has 0 radical (unpaired) electrons. The molecule has 362 valence electrons. The zero-order valence-corrected chi connectivity index (χ0v) is 40.5. The molecule has 5 rings (SSSR count).